The molecule has 1 nitrogen and oxygen atoms in total. The monoisotopic (exact) mass is 307 g/mol. The van der Waals surface area contributed by atoms with Crippen LogP contribution in [-0.2, 0) is 6.42 Å². The minimum absolute atomic E-state index is 0.590. The van der Waals surface area contributed by atoms with Crippen molar-refractivity contribution < 1.29 is 0 Å². The Morgan fingerprint density at radius 3 is 2.94 bits per heavy atom. The van der Waals surface area contributed by atoms with Crippen LogP contribution in [-0.4, -0.2) is 6.54 Å². The van der Waals surface area contributed by atoms with Gasteiger partial charge in [0.25, 0.3) is 0 Å². The number of rotatable bonds is 5. The molecule has 2 heteroatoms. The number of halogens is 1. The molecule has 1 aromatic carbocycles. The van der Waals surface area contributed by atoms with E-state index in [9.17, 15) is 0 Å². The molecule has 1 atom stereocenters. The zero-order valence-electron chi connectivity index (χ0n) is 11.1. The number of nitrogens with one attached hydrogen (secondary N) is 1. The van der Waals surface area contributed by atoms with Crippen LogP contribution in [0.3, 0.4) is 0 Å². The second-order valence-electron chi connectivity index (χ2n) is 6.03. The standard InChI is InChI=1S/C16H22BrN/c1-2-8-16(9-10-16)11-18-15-7-6-12-13(15)4-3-5-14(12)17/h3-5,15,18H,2,6-11H2,1H3. The molecule has 1 aromatic rings. The lowest BCUT2D eigenvalue weighted by atomic mass is 9.99. The molecule has 1 N–H and O–H groups in total. The van der Waals surface area contributed by atoms with Crippen LogP contribution < -0.4 is 5.32 Å². The van der Waals surface area contributed by atoms with Crippen molar-refractivity contribution in [2.75, 3.05) is 6.54 Å². The number of fused-ring (bicyclic) bond motifs is 1. The van der Waals surface area contributed by atoms with E-state index >= 15 is 0 Å². The minimum Gasteiger partial charge on any atom is -0.309 e. The molecule has 18 heavy (non-hydrogen) atoms. The van der Waals surface area contributed by atoms with Gasteiger partial charge in [-0.25, -0.2) is 0 Å². The van der Waals surface area contributed by atoms with Gasteiger partial charge in [0.05, 0.1) is 0 Å². The molecule has 1 unspecified atom stereocenters. The molecule has 2 aliphatic carbocycles. The molecule has 0 spiro atoms. The van der Waals surface area contributed by atoms with Crippen LogP contribution in [0.25, 0.3) is 0 Å². The number of benzene rings is 1. The lowest BCUT2D eigenvalue weighted by molar-refractivity contribution is 0.387. The van der Waals surface area contributed by atoms with Crippen LogP contribution in [0.1, 0.15) is 56.2 Å². The zero-order chi connectivity index (χ0) is 12.6. The fraction of sp³-hybridized carbons (Fsp3) is 0.625. The van der Waals surface area contributed by atoms with Gasteiger partial charge in [0, 0.05) is 17.1 Å². The van der Waals surface area contributed by atoms with E-state index in [2.05, 4.69) is 46.4 Å². The van der Waals surface area contributed by atoms with Crippen LogP contribution >= 0.6 is 15.9 Å². The van der Waals surface area contributed by atoms with Crippen molar-refractivity contribution in [2.24, 2.45) is 5.41 Å². The molecule has 0 aliphatic heterocycles. The van der Waals surface area contributed by atoms with Crippen molar-refractivity contribution in [3.05, 3.63) is 33.8 Å². The Kier molecular flexibility index (Phi) is 3.50. The van der Waals surface area contributed by atoms with E-state index in [0.717, 1.165) is 0 Å². The topological polar surface area (TPSA) is 12.0 Å². The molecule has 98 valence electrons. The Morgan fingerprint density at radius 2 is 2.22 bits per heavy atom. The number of hydrogen-bond donors (Lipinski definition) is 1. The summed E-state index contributed by atoms with van der Waals surface area (Å²) in [7, 11) is 0. The lowest BCUT2D eigenvalue weighted by Gasteiger charge is -2.20. The molecule has 0 radical (unpaired) electrons. The highest BCUT2D eigenvalue weighted by atomic mass is 79.9. The van der Waals surface area contributed by atoms with Crippen molar-refractivity contribution in [3.63, 3.8) is 0 Å². The largest absolute Gasteiger partial charge is 0.309 e. The Bertz CT molecular complexity index is 437. The van der Waals surface area contributed by atoms with Crippen LogP contribution in [0.2, 0.25) is 0 Å². The van der Waals surface area contributed by atoms with Crippen molar-refractivity contribution >= 4 is 15.9 Å². The summed E-state index contributed by atoms with van der Waals surface area (Å²) in [5, 5.41) is 3.83. The summed E-state index contributed by atoms with van der Waals surface area (Å²) in [5.74, 6) is 0. The number of hydrogen-bond acceptors (Lipinski definition) is 1. The predicted octanol–water partition coefficient (Wildman–Crippen LogP) is 4.61. The smallest absolute Gasteiger partial charge is 0.0326 e. The van der Waals surface area contributed by atoms with Crippen LogP contribution in [0.4, 0.5) is 0 Å². The lowest BCUT2D eigenvalue weighted by Crippen LogP contribution is -2.27. The third-order valence-corrected chi connectivity index (χ3v) is 5.42. The molecular formula is C16H22BrN. The molecule has 0 bridgehead atoms. The Balaban J connectivity index is 1.65. The highest BCUT2D eigenvalue weighted by Gasteiger charge is 2.41. The van der Waals surface area contributed by atoms with E-state index < -0.39 is 0 Å². The van der Waals surface area contributed by atoms with E-state index in [1.807, 2.05) is 0 Å². The summed E-state index contributed by atoms with van der Waals surface area (Å²) >= 11 is 3.67. The summed E-state index contributed by atoms with van der Waals surface area (Å²) in [4.78, 5) is 0. The van der Waals surface area contributed by atoms with Crippen molar-refractivity contribution in [1.29, 1.82) is 0 Å². The first-order valence-electron chi connectivity index (χ1n) is 7.25. The van der Waals surface area contributed by atoms with E-state index in [-0.39, 0.29) is 0 Å². The van der Waals surface area contributed by atoms with Gasteiger partial charge in [0.15, 0.2) is 0 Å². The second-order valence-corrected chi connectivity index (χ2v) is 6.88. The van der Waals surface area contributed by atoms with Gasteiger partial charge >= 0.3 is 0 Å². The maximum atomic E-state index is 3.83. The summed E-state index contributed by atoms with van der Waals surface area (Å²) in [6, 6.07) is 7.22. The van der Waals surface area contributed by atoms with E-state index in [0.29, 0.717) is 11.5 Å². The first-order chi connectivity index (χ1) is 8.74. The van der Waals surface area contributed by atoms with E-state index in [1.165, 1.54) is 60.7 Å². The molecule has 1 saturated carbocycles. The highest BCUT2D eigenvalue weighted by Crippen LogP contribution is 2.49. The van der Waals surface area contributed by atoms with E-state index in [1.54, 1.807) is 0 Å². The van der Waals surface area contributed by atoms with Gasteiger partial charge in [-0.1, -0.05) is 41.4 Å². The molecule has 0 saturated heterocycles. The first-order valence-corrected chi connectivity index (χ1v) is 8.04. The predicted molar refractivity (Wildman–Crippen MR) is 79.8 cm³/mol. The maximum absolute atomic E-state index is 3.83. The fourth-order valence-electron chi connectivity index (χ4n) is 3.38. The van der Waals surface area contributed by atoms with Gasteiger partial charge in [0.2, 0.25) is 0 Å². The molecule has 0 aromatic heterocycles. The Labute approximate surface area is 118 Å². The zero-order valence-corrected chi connectivity index (χ0v) is 12.7. The quantitative estimate of drug-likeness (QED) is 0.838. The van der Waals surface area contributed by atoms with Crippen LogP contribution in [0.5, 0.6) is 0 Å². The normalized spacial score (nSPS) is 24.0. The van der Waals surface area contributed by atoms with Crippen molar-refractivity contribution in [1.82, 2.24) is 5.32 Å². The Hall–Kier alpha value is -0.340. The molecule has 3 rings (SSSR count). The molecular weight excluding hydrogens is 286 g/mol. The summed E-state index contributed by atoms with van der Waals surface area (Å²) in [6.07, 6.45) is 8.08. The highest BCUT2D eigenvalue weighted by molar-refractivity contribution is 9.10. The fourth-order valence-corrected chi connectivity index (χ4v) is 3.96. The van der Waals surface area contributed by atoms with Crippen LogP contribution in [0, 0.1) is 5.41 Å². The minimum atomic E-state index is 0.590. The van der Waals surface area contributed by atoms with Gasteiger partial charge in [-0.15, -0.1) is 0 Å². The summed E-state index contributed by atoms with van der Waals surface area (Å²) in [6.45, 7) is 3.53. The van der Waals surface area contributed by atoms with Crippen molar-refractivity contribution in [2.45, 2.75) is 51.5 Å². The van der Waals surface area contributed by atoms with E-state index in [4.69, 9.17) is 0 Å². The van der Waals surface area contributed by atoms with Gasteiger partial charge in [0.1, 0.15) is 0 Å². The Morgan fingerprint density at radius 1 is 1.39 bits per heavy atom. The SMILES string of the molecule is CCCC1(CNC2CCc3c(Br)cccc32)CC1. The molecule has 0 amide bonds. The molecule has 2 aliphatic rings. The molecule has 0 heterocycles. The van der Waals surface area contributed by atoms with Gasteiger partial charge < -0.3 is 5.32 Å². The van der Waals surface area contributed by atoms with Crippen molar-refractivity contribution in [3.8, 4) is 0 Å². The van der Waals surface area contributed by atoms with Gasteiger partial charge in [-0.05, 0) is 54.7 Å². The second kappa shape index (κ2) is 4.97. The van der Waals surface area contributed by atoms with Gasteiger partial charge in [-0.3, -0.25) is 0 Å². The average molecular weight is 308 g/mol. The van der Waals surface area contributed by atoms with Crippen LogP contribution in [0.15, 0.2) is 22.7 Å². The summed E-state index contributed by atoms with van der Waals surface area (Å²) < 4.78 is 1.29. The maximum Gasteiger partial charge on any atom is 0.0326 e. The summed E-state index contributed by atoms with van der Waals surface area (Å²) in [5.41, 5.74) is 3.70. The first kappa shape index (κ1) is 12.7. The third kappa shape index (κ3) is 2.37. The third-order valence-electron chi connectivity index (χ3n) is 4.67. The average Bonchev–Trinajstić information content (AvgIpc) is 3.00. The molecule has 1 fully saturated rings. The van der Waals surface area contributed by atoms with Gasteiger partial charge in [-0.2, -0.15) is 0 Å².